The van der Waals surface area contributed by atoms with E-state index in [2.05, 4.69) is 58.3 Å². The van der Waals surface area contributed by atoms with E-state index in [9.17, 15) is 0 Å². The van der Waals surface area contributed by atoms with Crippen LogP contribution in [0.15, 0.2) is 48.5 Å². The molecule has 3 aliphatic heterocycles. The maximum atomic E-state index is 5.79. The molecule has 3 heterocycles. The van der Waals surface area contributed by atoms with Crippen molar-refractivity contribution in [1.29, 1.82) is 0 Å². The van der Waals surface area contributed by atoms with E-state index in [1.807, 2.05) is 11.8 Å². The minimum atomic E-state index is 0.312. The van der Waals surface area contributed by atoms with Crippen LogP contribution in [-0.2, 0) is 12.8 Å². The first kappa shape index (κ1) is 14.0. The van der Waals surface area contributed by atoms with Gasteiger partial charge in [0, 0.05) is 13.1 Å². The summed E-state index contributed by atoms with van der Waals surface area (Å²) in [4.78, 5) is 5.09. The Hall–Kier alpha value is -1.36. The van der Waals surface area contributed by atoms with Gasteiger partial charge in [-0.3, -0.25) is 4.90 Å². The molecule has 0 saturated carbocycles. The second kappa shape index (κ2) is 5.33. The number of rotatable bonds is 0. The summed E-state index contributed by atoms with van der Waals surface area (Å²) in [6, 6.07) is 17.8. The molecule has 0 amide bonds. The molecule has 2 atom stereocenters. The van der Waals surface area contributed by atoms with Crippen molar-refractivity contribution >= 4 is 28.3 Å². The molecule has 2 nitrogen and oxygen atoms in total. The van der Waals surface area contributed by atoms with Crippen LogP contribution in [0.25, 0.3) is 0 Å². The Morgan fingerprint density at radius 3 is 2.35 bits per heavy atom. The van der Waals surface area contributed by atoms with Gasteiger partial charge in [0.1, 0.15) is 10.5 Å². The maximum Gasteiger partial charge on any atom is 0.139 e. The standard InChI is InChI=1S/C19H18N2S2/c22-19-21-12-10-13-5-1-3-7-15(13)17(21)20-11-9-14-6-2-4-8-16(14)18(20)23-19/h1-8,17-18H,9-12H2/t17-,18-/m0/s1. The summed E-state index contributed by atoms with van der Waals surface area (Å²) in [7, 11) is 0. The fourth-order valence-electron chi connectivity index (χ4n) is 4.19. The Labute approximate surface area is 146 Å². The third kappa shape index (κ3) is 2.09. The van der Waals surface area contributed by atoms with E-state index in [4.69, 9.17) is 12.2 Å². The Balaban J connectivity index is 1.64. The Bertz CT molecular complexity index is 788. The van der Waals surface area contributed by atoms with Crippen molar-refractivity contribution in [2.45, 2.75) is 24.4 Å². The monoisotopic (exact) mass is 338 g/mol. The van der Waals surface area contributed by atoms with Gasteiger partial charge in [0.15, 0.2) is 0 Å². The van der Waals surface area contributed by atoms with Gasteiger partial charge in [-0.15, -0.1) is 0 Å². The number of hydrogen-bond acceptors (Lipinski definition) is 3. The molecule has 0 unspecified atom stereocenters. The molecule has 4 heteroatoms. The van der Waals surface area contributed by atoms with Crippen molar-refractivity contribution in [1.82, 2.24) is 9.80 Å². The number of thioether (sulfide) groups is 1. The minimum absolute atomic E-state index is 0.312. The molecule has 1 saturated heterocycles. The molecule has 0 aromatic heterocycles. The smallest absolute Gasteiger partial charge is 0.139 e. The van der Waals surface area contributed by atoms with Crippen LogP contribution in [-0.4, -0.2) is 27.2 Å². The summed E-state index contributed by atoms with van der Waals surface area (Å²) in [5.41, 5.74) is 5.88. The Kier molecular flexibility index (Phi) is 3.25. The lowest BCUT2D eigenvalue weighted by molar-refractivity contribution is 0.0638. The molecular formula is C19H18N2S2. The lowest BCUT2D eigenvalue weighted by Gasteiger charge is -2.53. The molecule has 5 rings (SSSR count). The van der Waals surface area contributed by atoms with Crippen molar-refractivity contribution in [3.8, 4) is 0 Å². The van der Waals surface area contributed by atoms with Crippen LogP contribution in [0.1, 0.15) is 33.8 Å². The van der Waals surface area contributed by atoms with Crippen molar-refractivity contribution in [2.24, 2.45) is 0 Å². The molecule has 0 aliphatic carbocycles. The summed E-state index contributed by atoms with van der Waals surface area (Å²) in [6.07, 6.45) is 2.54. The lowest BCUT2D eigenvalue weighted by Crippen LogP contribution is -2.53. The van der Waals surface area contributed by atoms with Crippen LogP contribution in [0.3, 0.4) is 0 Å². The topological polar surface area (TPSA) is 6.48 Å². The quantitative estimate of drug-likeness (QED) is 0.666. The average molecular weight is 339 g/mol. The van der Waals surface area contributed by atoms with Gasteiger partial charge < -0.3 is 4.90 Å². The number of thiocarbonyl (C=S) groups is 1. The molecule has 3 aliphatic rings. The van der Waals surface area contributed by atoms with E-state index in [0.29, 0.717) is 11.5 Å². The molecule has 2 aromatic rings. The predicted octanol–water partition coefficient (Wildman–Crippen LogP) is 4.13. The normalized spacial score (nSPS) is 26.1. The molecule has 0 N–H and O–H groups in total. The third-order valence-electron chi connectivity index (χ3n) is 5.27. The second-order valence-electron chi connectivity index (χ2n) is 6.44. The molecule has 23 heavy (non-hydrogen) atoms. The largest absolute Gasteiger partial charge is 0.337 e. The van der Waals surface area contributed by atoms with Gasteiger partial charge in [-0.25, -0.2) is 0 Å². The SMILES string of the molecule is S=C1S[C@H]2c3ccccc3CCN2[C@@H]2c3ccccc3CCN12. The third-order valence-corrected chi connectivity index (χ3v) is 6.98. The minimum Gasteiger partial charge on any atom is -0.337 e. The number of nitrogens with zero attached hydrogens (tertiary/aromatic N) is 2. The van der Waals surface area contributed by atoms with Crippen LogP contribution >= 0.6 is 24.0 Å². The van der Waals surface area contributed by atoms with Gasteiger partial charge in [0.2, 0.25) is 0 Å². The first-order valence-corrected chi connectivity index (χ1v) is 9.50. The van der Waals surface area contributed by atoms with E-state index in [1.54, 1.807) is 0 Å². The summed E-state index contributed by atoms with van der Waals surface area (Å²) in [5.74, 6) is 0. The van der Waals surface area contributed by atoms with Crippen LogP contribution in [0.5, 0.6) is 0 Å². The zero-order chi connectivity index (χ0) is 15.4. The van der Waals surface area contributed by atoms with Crippen molar-refractivity contribution in [2.75, 3.05) is 13.1 Å². The summed E-state index contributed by atoms with van der Waals surface area (Å²) >= 11 is 7.65. The maximum absolute atomic E-state index is 5.79. The predicted molar refractivity (Wildman–Crippen MR) is 99.4 cm³/mol. The first-order valence-electron chi connectivity index (χ1n) is 8.21. The number of benzene rings is 2. The van der Waals surface area contributed by atoms with E-state index in [0.717, 1.165) is 30.3 Å². The first-order chi connectivity index (χ1) is 11.3. The van der Waals surface area contributed by atoms with Gasteiger partial charge in [-0.05, 0) is 35.1 Å². The second-order valence-corrected chi connectivity index (χ2v) is 8.15. The summed E-state index contributed by atoms with van der Waals surface area (Å²) in [6.45, 7) is 2.14. The zero-order valence-electron chi connectivity index (χ0n) is 12.8. The van der Waals surface area contributed by atoms with E-state index >= 15 is 0 Å². The summed E-state index contributed by atoms with van der Waals surface area (Å²) < 4.78 is 1.06. The van der Waals surface area contributed by atoms with E-state index in [-0.39, 0.29) is 0 Å². The highest BCUT2D eigenvalue weighted by Crippen LogP contribution is 2.50. The van der Waals surface area contributed by atoms with Gasteiger partial charge in [-0.1, -0.05) is 72.5 Å². The van der Waals surface area contributed by atoms with E-state index in [1.165, 1.54) is 22.3 Å². The van der Waals surface area contributed by atoms with Crippen LogP contribution in [0.4, 0.5) is 0 Å². The van der Waals surface area contributed by atoms with Crippen LogP contribution < -0.4 is 0 Å². The van der Waals surface area contributed by atoms with Gasteiger partial charge >= 0.3 is 0 Å². The Morgan fingerprint density at radius 2 is 1.52 bits per heavy atom. The number of fused-ring (bicyclic) bond motifs is 7. The lowest BCUT2D eigenvalue weighted by atomic mass is 9.93. The van der Waals surface area contributed by atoms with Crippen molar-refractivity contribution < 1.29 is 0 Å². The zero-order valence-corrected chi connectivity index (χ0v) is 14.4. The van der Waals surface area contributed by atoms with Gasteiger partial charge in [-0.2, -0.15) is 0 Å². The Morgan fingerprint density at radius 1 is 0.870 bits per heavy atom. The molecule has 2 aromatic carbocycles. The highest BCUT2D eigenvalue weighted by Gasteiger charge is 2.44. The molecule has 116 valence electrons. The van der Waals surface area contributed by atoms with Crippen LogP contribution in [0, 0.1) is 0 Å². The van der Waals surface area contributed by atoms with Crippen molar-refractivity contribution in [3.63, 3.8) is 0 Å². The number of hydrogen-bond donors (Lipinski definition) is 0. The van der Waals surface area contributed by atoms with Gasteiger partial charge in [0.05, 0.1) is 5.37 Å². The van der Waals surface area contributed by atoms with E-state index < -0.39 is 0 Å². The molecule has 0 bridgehead atoms. The molecule has 1 fully saturated rings. The molecule has 0 radical (unpaired) electrons. The fraction of sp³-hybridized carbons (Fsp3) is 0.316. The summed E-state index contributed by atoms with van der Waals surface area (Å²) in [5, 5.41) is 0.361. The molecule has 0 spiro atoms. The van der Waals surface area contributed by atoms with Gasteiger partial charge in [0.25, 0.3) is 0 Å². The molecular weight excluding hydrogens is 320 g/mol. The van der Waals surface area contributed by atoms with Crippen LogP contribution in [0.2, 0.25) is 0 Å². The highest BCUT2D eigenvalue weighted by atomic mass is 32.2. The van der Waals surface area contributed by atoms with Crippen molar-refractivity contribution in [3.05, 3.63) is 70.8 Å². The highest BCUT2D eigenvalue weighted by molar-refractivity contribution is 8.23. The average Bonchev–Trinajstić information content (AvgIpc) is 2.61. The fourth-order valence-corrected chi connectivity index (χ4v) is 5.88.